The maximum atomic E-state index is 13.1. The number of halogens is 1. The van der Waals surface area contributed by atoms with Crippen molar-refractivity contribution in [1.29, 1.82) is 0 Å². The molecule has 0 radical (unpaired) electrons. The molecule has 33 heavy (non-hydrogen) atoms. The number of aromatic nitrogens is 3. The Morgan fingerprint density at radius 2 is 1.76 bits per heavy atom. The van der Waals surface area contributed by atoms with Crippen LogP contribution in [0.2, 0.25) is 0 Å². The van der Waals surface area contributed by atoms with Gasteiger partial charge in [0.25, 0.3) is 0 Å². The van der Waals surface area contributed by atoms with E-state index in [-0.39, 0.29) is 11.8 Å². The summed E-state index contributed by atoms with van der Waals surface area (Å²) in [5.74, 6) is -0.0156. The minimum atomic E-state index is -0.422. The predicted molar refractivity (Wildman–Crippen MR) is 122 cm³/mol. The van der Waals surface area contributed by atoms with Gasteiger partial charge in [-0.2, -0.15) is 0 Å². The zero-order chi connectivity index (χ0) is 22.8. The van der Waals surface area contributed by atoms with E-state index in [1.165, 1.54) is 24.3 Å². The van der Waals surface area contributed by atoms with E-state index in [0.717, 1.165) is 11.1 Å². The van der Waals surface area contributed by atoms with Crippen LogP contribution in [0, 0.1) is 5.82 Å². The molecule has 3 N–H and O–H groups in total. The van der Waals surface area contributed by atoms with Gasteiger partial charge in [0.05, 0.1) is 0 Å². The van der Waals surface area contributed by atoms with Gasteiger partial charge in [0, 0.05) is 30.7 Å². The maximum absolute atomic E-state index is 13.1. The second-order valence-corrected chi connectivity index (χ2v) is 7.58. The largest absolute Gasteiger partial charge is 0.324 e. The zero-order valence-electron chi connectivity index (χ0n) is 17.5. The number of hydrogen-bond donors (Lipinski definition) is 3. The Kier molecular flexibility index (Phi) is 5.31. The molecule has 3 heterocycles. The summed E-state index contributed by atoms with van der Waals surface area (Å²) >= 11 is 0. The molecule has 0 unspecified atom stereocenters. The molecule has 166 valence electrons. The number of amides is 4. The SMILES string of the molecule is O=C(Nc1ccc(F)cc1)Nc1cccc2c1CCN(C(=O)Nc1nnc3ccccn13)C2. The molecule has 0 bridgehead atoms. The standard InChI is InChI=1S/C23H20FN7O2/c24-16-7-9-17(10-8-16)25-22(32)26-19-5-3-4-15-14-30(13-11-18(15)19)23(33)27-21-29-28-20-6-1-2-12-31(20)21/h1-10,12H,11,13-14H2,(H2,25,26,32)(H,27,29,33). The van der Waals surface area contributed by atoms with Crippen molar-refractivity contribution >= 4 is 35.0 Å². The van der Waals surface area contributed by atoms with Gasteiger partial charge in [0.1, 0.15) is 5.82 Å². The van der Waals surface area contributed by atoms with Crippen molar-refractivity contribution in [2.45, 2.75) is 13.0 Å². The molecule has 1 aliphatic rings. The van der Waals surface area contributed by atoms with E-state index in [9.17, 15) is 14.0 Å². The number of nitrogens with zero attached hydrogens (tertiary/aromatic N) is 4. The van der Waals surface area contributed by atoms with Crippen molar-refractivity contribution in [1.82, 2.24) is 19.5 Å². The first-order chi connectivity index (χ1) is 16.1. The van der Waals surface area contributed by atoms with E-state index in [0.29, 0.717) is 42.5 Å². The number of benzene rings is 2. The molecule has 10 heteroatoms. The zero-order valence-corrected chi connectivity index (χ0v) is 17.5. The molecule has 0 atom stereocenters. The van der Waals surface area contributed by atoms with Crippen LogP contribution in [0.15, 0.2) is 66.9 Å². The highest BCUT2D eigenvalue weighted by atomic mass is 19.1. The first-order valence-electron chi connectivity index (χ1n) is 10.4. The molecule has 4 amide bonds. The van der Waals surface area contributed by atoms with Crippen LogP contribution in [-0.4, -0.2) is 38.1 Å². The molecule has 0 fully saturated rings. The number of carbonyl (C=O) groups is 2. The molecule has 0 saturated carbocycles. The Hall–Kier alpha value is -4.47. The number of carbonyl (C=O) groups excluding carboxylic acids is 2. The minimum Gasteiger partial charge on any atom is -0.320 e. The molecule has 5 rings (SSSR count). The van der Waals surface area contributed by atoms with Crippen LogP contribution in [-0.2, 0) is 13.0 Å². The summed E-state index contributed by atoms with van der Waals surface area (Å²) in [5.41, 5.74) is 3.73. The van der Waals surface area contributed by atoms with Gasteiger partial charge in [-0.25, -0.2) is 14.0 Å². The maximum Gasteiger partial charge on any atom is 0.324 e. The van der Waals surface area contributed by atoms with E-state index in [1.807, 2.05) is 30.3 Å². The van der Waals surface area contributed by atoms with Crippen LogP contribution in [0.4, 0.5) is 31.3 Å². The highest BCUT2D eigenvalue weighted by Gasteiger charge is 2.24. The summed E-state index contributed by atoms with van der Waals surface area (Å²) in [4.78, 5) is 26.9. The summed E-state index contributed by atoms with van der Waals surface area (Å²) in [6.45, 7) is 0.876. The molecule has 2 aromatic carbocycles. The van der Waals surface area contributed by atoms with E-state index < -0.39 is 6.03 Å². The fourth-order valence-electron chi connectivity index (χ4n) is 3.82. The van der Waals surface area contributed by atoms with Crippen molar-refractivity contribution in [3.05, 3.63) is 83.8 Å². The monoisotopic (exact) mass is 445 g/mol. The number of rotatable bonds is 3. The molecule has 4 aromatic rings. The molecular formula is C23H20FN7O2. The molecule has 2 aromatic heterocycles. The van der Waals surface area contributed by atoms with Gasteiger partial charge in [-0.05, 0) is 60.0 Å². The van der Waals surface area contributed by atoms with Gasteiger partial charge >= 0.3 is 12.1 Å². The molecular weight excluding hydrogens is 425 g/mol. The number of hydrogen-bond acceptors (Lipinski definition) is 4. The summed E-state index contributed by atoms with van der Waals surface area (Å²) in [5, 5.41) is 16.4. The second-order valence-electron chi connectivity index (χ2n) is 7.58. The predicted octanol–water partition coefficient (Wildman–Crippen LogP) is 4.10. The molecule has 9 nitrogen and oxygen atoms in total. The third-order valence-electron chi connectivity index (χ3n) is 5.44. The van der Waals surface area contributed by atoms with Crippen LogP contribution in [0.5, 0.6) is 0 Å². The molecule has 1 aliphatic heterocycles. The normalized spacial score (nSPS) is 12.8. The van der Waals surface area contributed by atoms with Gasteiger partial charge < -0.3 is 15.5 Å². The average Bonchev–Trinajstić information content (AvgIpc) is 3.23. The van der Waals surface area contributed by atoms with E-state index >= 15 is 0 Å². The first-order valence-corrected chi connectivity index (χ1v) is 10.4. The first kappa shape index (κ1) is 20.4. The summed E-state index contributed by atoms with van der Waals surface area (Å²) in [6.07, 6.45) is 2.36. The van der Waals surface area contributed by atoms with Gasteiger partial charge in [0.2, 0.25) is 5.95 Å². The second kappa shape index (κ2) is 8.58. The number of pyridine rings is 1. The van der Waals surface area contributed by atoms with Crippen LogP contribution < -0.4 is 16.0 Å². The summed E-state index contributed by atoms with van der Waals surface area (Å²) in [7, 11) is 0. The van der Waals surface area contributed by atoms with Gasteiger partial charge in [0.15, 0.2) is 5.65 Å². The van der Waals surface area contributed by atoms with Crippen LogP contribution >= 0.6 is 0 Å². The van der Waals surface area contributed by atoms with Gasteiger partial charge in [-0.15, -0.1) is 10.2 Å². The van der Waals surface area contributed by atoms with Gasteiger partial charge in [-0.3, -0.25) is 9.72 Å². The lowest BCUT2D eigenvalue weighted by molar-refractivity contribution is 0.206. The Labute approximate surface area is 188 Å². The van der Waals surface area contributed by atoms with Crippen LogP contribution in [0.1, 0.15) is 11.1 Å². The highest BCUT2D eigenvalue weighted by molar-refractivity contribution is 6.00. The Bertz CT molecular complexity index is 1340. The quantitative estimate of drug-likeness (QED) is 0.442. The molecule has 0 spiro atoms. The Morgan fingerprint density at radius 1 is 0.909 bits per heavy atom. The topological polar surface area (TPSA) is 104 Å². The third kappa shape index (κ3) is 4.31. The van der Waals surface area contributed by atoms with Crippen LogP contribution in [0.25, 0.3) is 5.65 Å². The lowest BCUT2D eigenvalue weighted by atomic mass is 9.98. The van der Waals surface area contributed by atoms with Crippen LogP contribution in [0.3, 0.4) is 0 Å². The van der Waals surface area contributed by atoms with Gasteiger partial charge in [-0.1, -0.05) is 18.2 Å². The highest BCUT2D eigenvalue weighted by Crippen LogP contribution is 2.27. The smallest absolute Gasteiger partial charge is 0.320 e. The van der Waals surface area contributed by atoms with Crippen molar-refractivity contribution in [3.8, 4) is 0 Å². The molecule has 0 aliphatic carbocycles. The lowest BCUT2D eigenvalue weighted by Crippen LogP contribution is -2.39. The third-order valence-corrected chi connectivity index (χ3v) is 5.44. The minimum absolute atomic E-state index is 0.272. The number of urea groups is 2. The molecule has 0 saturated heterocycles. The number of nitrogens with one attached hydrogen (secondary N) is 3. The van der Waals surface area contributed by atoms with E-state index in [1.54, 1.807) is 21.6 Å². The van der Waals surface area contributed by atoms with E-state index in [4.69, 9.17) is 0 Å². The van der Waals surface area contributed by atoms with Crippen molar-refractivity contribution in [2.75, 3.05) is 22.5 Å². The summed E-state index contributed by atoms with van der Waals surface area (Å²) in [6, 6.07) is 15.9. The fourth-order valence-corrected chi connectivity index (χ4v) is 3.82. The fraction of sp³-hybridized carbons (Fsp3) is 0.130. The number of fused-ring (bicyclic) bond motifs is 2. The average molecular weight is 445 g/mol. The van der Waals surface area contributed by atoms with Crippen molar-refractivity contribution in [3.63, 3.8) is 0 Å². The lowest BCUT2D eigenvalue weighted by Gasteiger charge is -2.30. The summed E-state index contributed by atoms with van der Waals surface area (Å²) < 4.78 is 14.8. The Morgan fingerprint density at radius 3 is 2.61 bits per heavy atom. The Balaban J connectivity index is 1.26. The number of anilines is 3. The van der Waals surface area contributed by atoms with E-state index in [2.05, 4.69) is 26.1 Å². The van der Waals surface area contributed by atoms with Crippen molar-refractivity contribution in [2.24, 2.45) is 0 Å². The van der Waals surface area contributed by atoms with Crippen molar-refractivity contribution < 1.29 is 14.0 Å².